The molecule has 0 aliphatic carbocycles. The third-order valence-electron chi connectivity index (χ3n) is 0. The maximum absolute atomic E-state index is 8.26. The smallest absolute Gasteiger partial charge is 0 e. The third kappa shape index (κ3) is 8.94. The van der Waals surface area contributed by atoms with Crippen molar-refractivity contribution in [3.63, 3.8) is 0 Å². The molecule has 0 fully saturated rings. The minimum atomic E-state index is 0. The van der Waals surface area contributed by atoms with Gasteiger partial charge in [-0.25, -0.2) is 0 Å². The quantitative estimate of drug-likeness (QED) is 0.544. The van der Waals surface area contributed by atoms with E-state index in [-0.39, 0.29) is 81.1 Å². The number of hydrogen-bond acceptors (Lipinski definition) is 1. The first-order valence-corrected chi connectivity index (χ1v) is 0.986. The van der Waals surface area contributed by atoms with Crippen molar-refractivity contribution in [1.82, 2.24) is 0 Å². The van der Waals surface area contributed by atoms with E-state index < -0.39 is 0 Å². The van der Waals surface area contributed by atoms with Crippen LogP contribution in [0.3, 0.4) is 0 Å². The summed E-state index contributed by atoms with van der Waals surface area (Å²) >= 11 is 0.700. The Morgan fingerprint density at radius 1 is 1.25 bits per heavy atom. The average molecular weight is 338 g/mol. The van der Waals surface area contributed by atoms with Crippen LogP contribution in [0.4, 0.5) is 0 Å². The van der Waals surface area contributed by atoms with Gasteiger partial charge in [0.2, 0.25) is 0 Å². The van der Waals surface area contributed by atoms with Gasteiger partial charge in [-0.2, -0.15) is 0 Å². The van der Waals surface area contributed by atoms with E-state index >= 15 is 0 Å². The van der Waals surface area contributed by atoms with Crippen molar-refractivity contribution in [2.75, 3.05) is 0 Å². The molecule has 0 aliphatic rings. The summed E-state index contributed by atoms with van der Waals surface area (Å²) in [6, 6.07) is 0. The van der Waals surface area contributed by atoms with E-state index in [9.17, 15) is 0 Å². The molecule has 1 nitrogen and oxygen atoms in total. The average Bonchev–Trinajstić information content (AvgIpc) is 1.00. The van der Waals surface area contributed by atoms with E-state index in [1.165, 1.54) is 0 Å². The number of hydrogen-bond donors (Lipinski definition) is 0. The molecule has 0 amide bonds. The molecular weight excluding hydrogens is 338 g/mol. The fraction of sp³-hybridized carbons (Fsp3) is 0. The van der Waals surface area contributed by atoms with Crippen LogP contribution in [-0.4, -0.2) is 45.5 Å². The predicted molar refractivity (Wildman–Crippen MR) is 6.44 cm³/mol. The van der Waals surface area contributed by atoms with E-state index in [1.54, 1.807) is 0 Å². The van der Waals surface area contributed by atoms with Crippen LogP contribution in [-0.2, 0) is 23.2 Å². The molecule has 0 rings (SSSR count). The molecule has 0 N–H and O–H groups in total. The Hall–Kier alpha value is 3.16. The van der Waals surface area contributed by atoms with Gasteiger partial charge in [0.25, 0.3) is 0 Å². The van der Waals surface area contributed by atoms with Gasteiger partial charge in [-0.3, -0.25) is 0 Å². The molecule has 0 unspecified atom stereocenters. The maximum Gasteiger partial charge on any atom is 0 e. The summed E-state index contributed by atoms with van der Waals surface area (Å²) in [5, 5.41) is 0. The summed E-state index contributed by atoms with van der Waals surface area (Å²) in [6.07, 6.45) is 0. The van der Waals surface area contributed by atoms with Crippen molar-refractivity contribution >= 4 is 45.5 Å². The summed E-state index contributed by atoms with van der Waals surface area (Å²) in [5.74, 6) is 0. The second kappa shape index (κ2) is 16.4. The topological polar surface area (TPSA) is 17.1 Å². The van der Waals surface area contributed by atoms with Crippen molar-refractivity contribution < 1.29 is 58.8 Å². The molecule has 4 heavy (non-hydrogen) atoms. The van der Waals surface area contributed by atoms with Gasteiger partial charge >= 0.3 is 23.2 Å². The standard InChI is InChI=1S/La.Mo.O.Sr. The fourth-order valence-corrected chi connectivity index (χ4v) is 0. The first-order valence-electron chi connectivity index (χ1n) is 0.167. The Labute approximate surface area is 101 Å². The molecular formula is LaMoOSr. The predicted octanol–water partition coefficient (Wildman–Crippen LogP) is -0.502. The van der Waals surface area contributed by atoms with Crippen LogP contribution in [0.5, 0.6) is 0 Å². The van der Waals surface area contributed by atoms with E-state index in [4.69, 9.17) is 3.40 Å². The van der Waals surface area contributed by atoms with Gasteiger partial charge in [0.05, 0.1) is 0 Å². The van der Waals surface area contributed by atoms with Crippen LogP contribution >= 0.6 is 0 Å². The summed E-state index contributed by atoms with van der Waals surface area (Å²) < 4.78 is 8.26. The molecule has 17 valence electrons. The molecule has 0 atom stereocenters. The molecule has 0 aromatic rings. The first kappa shape index (κ1) is 15.7. The van der Waals surface area contributed by atoms with Crippen LogP contribution in [0.15, 0.2) is 0 Å². The fourth-order valence-electron chi connectivity index (χ4n) is 0. The monoisotopic (exact) mass is 341 g/mol. The molecule has 0 aliphatic heterocycles. The zero-order valence-corrected chi connectivity index (χ0v) is 11.2. The Kier molecular flexibility index (Phi) is 64.4. The van der Waals surface area contributed by atoms with E-state index in [2.05, 4.69) is 0 Å². The first-order chi connectivity index (χ1) is 1.00. The second-order valence-corrected chi connectivity index (χ2v) is 0. The Morgan fingerprint density at radius 2 is 1.25 bits per heavy atom. The van der Waals surface area contributed by atoms with Crippen LogP contribution in [0.25, 0.3) is 0 Å². The molecule has 0 spiro atoms. The minimum absolute atomic E-state index is 0. The summed E-state index contributed by atoms with van der Waals surface area (Å²) in [5.41, 5.74) is 0. The minimum Gasteiger partial charge on any atom is 0 e. The Bertz CT molecular complexity index is 8.00. The summed E-state index contributed by atoms with van der Waals surface area (Å²) in [6.45, 7) is 0. The van der Waals surface area contributed by atoms with Crippen LogP contribution in [0.1, 0.15) is 0 Å². The summed E-state index contributed by atoms with van der Waals surface area (Å²) in [7, 11) is 0. The molecule has 3 radical (unpaired) electrons. The molecule has 0 saturated carbocycles. The van der Waals surface area contributed by atoms with Crippen LogP contribution in [0, 0.1) is 35.6 Å². The Balaban J connectivity index is -0.00000000500. The van der Waals surface area contributed by atoms with Gasteiger partial charge < -0.3 is 0 Å². The molecule has 4 heteroatoms. The van der Waals surface area contributed by atoms with E-state index in [0.29, 0.717) is 19.8 Å². The number of rotatable bonds is 0. The van der Waals surface area contributed by atoms with Gasteiger partial charge in [-0.05, 0) is 0 Å². The van der Waals surface area contributed by atoms with Crippen molar-refractivity contribution in [2.45, 2.75) is 0 Å². The van der Waals surface area contributed by atoms with E-state index in [1.807, 2.05) is 0 Å². The normalized spacial score (nSPS) is 1.00. The molecule has 0 saturated heterocycles. The van der Waals surface area contributed by atoms with Gasteiger partial charge in [0, 0.05) is 81.1 Å². The van der Waals surface area contributed by atoms with Gasteiger partial charge in [0.1, 0.15) is 0 Å². The van der Waals surface area contributed by atoms with Crippen molar-refractivity contribution in [1.29, 1.82) is 0 Å². The van der Waals surface area contributed by atoms with Crippen molar-refractivity contribution in [3.05, 3.63) is 0 Å². The van der Waals surface area contributed by atoms with Gasteiger partial charge in [-0.15, -0.1) is 0 Å². The molecule has 0 bridgehead atoms. The largest absolute Gasteiger partial charge is 0 e. The zero-order valence-electron chi connectivity index (χ0n) is 2.10. The van der Waals surface area contributed by atoms with Crippen molar-refractivity contribution in [2.24, 2.45) is 0 Å². The van der Waals surface area contributed by atoms with Gasteiger partial charge in [-0.1, -0.05) is 0 Å². The maximum atomic E-state index is 8.26. The SMILES string of the molecule is [La].[O]=[Mo].[Sr]. The van der Waals surface area contributed by atoms with Crippen molar-refractivity contribution in [3.8, 4) is 0 Å². The van der Waals surface area contributed by atoms with Crippen LogP contribution in [0.2, 0.25) is 0 Å². The van der Waals surface area contributed by atoms with Gasteiger partial charge in [0.15, 0.2) is 0 Å². The molecule has 0 aromatic heterocycles. The zero-order chi connectivity index (χ0) is 2.00. The third-order valence-corrected chi connectivity index (χ3v) is 0. The van der Waals surface area contributed by atoms with Crippen LogP contribution < -0.4 is 0 Å². The Morgan fingerprint density at radius 3 is 1.25 bits per heavy atom. The molecule has 0 heterocycles. The second-order valence-electron chi connectivity index (χ2n) is 0. The summed E-state index contributed by atoms with van der Waals surface area (Å²) in [4.78, 5) is 0. The molecule has 0 aromatic carbocycles. The van der Waals surface area contributed by atoms with E-state index in [0.717, 1.165) is 0 Å².